The molecule has 0 fully saturated rings. The van der Waals surface area contributed by atoms with E-state index in [4.69, 9.17) is 4.74 Å². The largest absolute Gasteiger partial charge is 0.495 e. The van der Waals surface area contributed by atoms with Crippen LogP contribution in [-0.2, 0) is 0 Å². The van der Waals surface area contributed by atoms with Gasteiger partial charge in [0.2, 0.25) is 0 Å². The first kappa shape index (κ1) is 12.0. The molecular weight excluding hydrogens is 210 g/mol. The molecule has 1 atom stereocenters. The first-order valence-corrected chi connectivity index (χ1v) is 6.27. The minimum absolute atomic E-state index is 0.579. The summed E-state index contributed by atoms with van der Waals surface area (Å²) in [4.78, 5) is 3.34. The summed E-state index contributed by atoms with van der Waals surface area (Å²) in [5.74, 6) is 2.22. The van der Waals surface area contributed by atoms with Gasteiger partial charge in [0.05, 0.1) is 12.6 Å². The van der Waals surface area contributed by atoms with Gasteiger partial charge in [0, 0.05) is 11.6 Å². The molecule has 0 bridgehead atoms. The van der Waals surface area contributed by atoms with Crippen LogP contribution in [0.15, 0.2) is 24.4 Å². The zero-order valence-electron chi connectivity index (χ0n) is 11.1. The number of aromatic nitrogens is 1. The first-order chi connectivity index (χ1) is 8.13. The number of para-hydroxylation sites is 1. The van der Waals surface area contributed by atoms with E-state index in [9.17, 15) is 0 Å². The lowest BCUT2D eigenvalue weighted by atomic mass is 9.92. The third-order valence-corrected chi connectivity index (χ3v) is 3.29. The maximum absolute atomic E-state index is 5.37. The van der Waals surface area contributed by atoms with Crippen LogP contribution in [0.4, 0.5) is 0 Å². The van der Waals surface area contributed by atoms with Crippen LogP contribution >= 0.6 is 0 Å². The average Bonchev–Trinajstić information content (AvgIpc) is 2.71. The van der Waals surface area contributed by atoms with Gasteiger partial charge in [0.1, 0.15) is 5.75 Å². The predicted octanol–water partition coefficient (Wildman–Crippen LogP) is 4.33. The van der Waals surface area contributed by atoms with Crippen molar-refractivity contribution in [3.8, 4) is 5.75 Å². The van der Waals surface area contributed by atoms with E-state index in [1.165, 1.54) is 17.4 Å². The lowest BCUT2D eigenvalue weighted by Gasteiger charge is -2.13. The minimum atomic E-state index is 0.579. The van der Waals surface area contributed by atoms with E-state index in [1.54, 1.807) is 7.11 Å². The van der Waals surface area contributed by atoms with Crippen LogP contribution in [-0.4, -0.2) is 12.1 Å². The first-order valence-electron chi connectivity index (χ1n) is 6.27. The summed E-state index contributed by atoms with van der Waals surface area (Å²) < 4.78 is 5.37. The third-order valence-electron chi connectivity index (χ3n) is 3.29. The molecule has 0 aliphatic carbocycles. The molecule has 1 N–H and O–H groups in total. The molecule has 17 heavy (non-hydrogen) atoms. The van der Waals surface area contributed by atoms with Crippen molar-refractivity contribution in [3.63, 3.8) is 0 Å². The summed E-state index contributed by atoms with van der Waals surface area (Å²) in [5, 5.41) is 1.29. The third kappa shape index (κ3) is 2.31. The van der Waals surface area contributed by atoms with Gasteiger partial charge in [0.15, 0.2) is 0 Å². The molecular formula is C15H21NO. The Kier molecular flexibility index (Phi) is 3.41. The maximum atomic E-state index is 5.37. The quantitative estimate of drug-likeness (QED) is 0.832. The molecule has 0 amide bonds. The molecule has 0 aliphatic rings. The van der Waals surface area contributed by atoms with Gasteiger partial charge in [-0.25, -0.2) is 0 Å². The van der Waals surface area contributed by atoms with Gasteiger partial charge in [-0.1, -0.05) is 32.9 Å². The molecule has 0 saturated carbocycles. The van der Waals surface area contributed by atoms with Gasteiger partial charge in [-0.3, -0.25) is 0 Å². The van der Waals surface area contributed by atoms with Crippen molar-refractivity contribution >= 4 is 10.9 Å². The smallest absolute Gasteiger partial charge is 0.142 e. The van der Waals surface area contributed by atoms with E-state index in [-0.39, 0.29) is 0 Å². The Hall–Kier alpha value is -1.44. The topological polar surface area (TPSA) is 25.0 Å². The number of hydrogen-bond donors (Lipinski definition) is 1. The fraction of sp³-hybridized carbons (Fsp3) is 0.467. The zero-order chi connectivity index (χ0) is 12.4. The molecule has 2 nitrogen and oxygen atoms in total. The number of methoxy groups -OCH3 is 1. The van der Waals surface area contributed by atoms with Gasteiger partial charge in [-0.2, -0.15) is 0 Å². The molecule has 92 valence electrons. The van der Waals surface area contributed by atoms with E-state index in [2.05, 4.69) is 44.1 Å². The van der Waals surface area contributed by atoms with Crippen LogP contribution in [0.25, 0.3) is 10.9 Å². The second-order valence-electron chi connectivity index (χ2n) is 5.16. The van der Waals surface area contributed by atoms with E-state index in [0.717, 1.165) is 17.2 Å². The van der Waals surface area contributed by atoms with Crippen LogP contribution < -0.4 is 4.74 Å². The van der Waals surface area contributed by atoms with Gasteiger partial charge >= 0.3 is 0 Å². The fourth-order valence-corrected chi connectivity index (χ4v) is 2.56. The highest BCUT2D eigenvalue weighted by molar-refractivity contribution is 5.88. The molecule has 0 radical (unpaired) electrons. The van der Waals surface area contributed by atoms with Gasteiger partial charge in [-0.05, 0) is 29.9 Å². The number of benzene rings is 1. The predicted molar refractivity (Wildman–Crippen MR) is 72.7 cm³/mol. The molecule has 2 rings (SSSR count). The van der Waals surface area contributed by atoms with Gasteiger partial charge in [-0.15, -0.1) is 0 Å². The Bertz CT molecular complexity index is 499. The highest BCUT2D eigenvalue weighted by Crippen LogP contribution is 2.33. The molecule has 2 aromatic rings. The lowest BCUT2D eigenvalue weighted by Crippen LogP contribution is -1.97. The van der Waals surface area contributed by atoms with Gasteiger partial charge in [0.25, 0.3) is 0 Å². The van der Waals surface area contributed by atoms with Crippen LogP contribution in [0.5, 0.6) is 5.75 Å². The summed E-state index contributed by atoms with van der Waals surface area (Å²) in [6.45, 7) is 6.83. The Morgan fingerprint density at radius 3 is 2.65 bits per heavy atom. The summed E-state index contributed by atoms with van der Waals surface area (Å²) in [5.41, 5.74) is 2.51. The molecule has 1 unspecified atom stereocenters. The van der Waals surface area contributed by atoms with Crippen LogP contribution in [0.3, 0.4) is 0 Å². The summed E-state index contributed by atoms with van der Waals surface area (Å²) in [6, 6.07) is 6.22. The Morgan fingerprint density at radius 2 is 2.00 bits per heavy atom. The number of nitrogens with one attached hydrogen (secondary N) is 1. The monoisotopic (exact) mass is 231 g/mol. The van der Waals surface area contributed by atoms with Crippen LogP contribution in [0, 0.1) is 5.92 Å². The molecule has 0 aliphatic heterocycles. The van der Waals surface area contributed by atoms with Crippen molar-refractivity contribution in [2.24, 2.45) is 5.92 Å². The van der Waals surface area contributed by atoms with E-state index < -0.39 is 0 Å². The van der Waals surface area contributed by atoms with Crippen molar-refractivity contribution < 1.29 is 4.74 Å². The summed E-state index contributed by atoms with van der Waals surface area (Å²) >= 11 is 0. The summed E-state index contributed by atoms with van der Waals surface area (Å²) in [6.07, 6.45) is 3.34. The van der Waals surface area contributed by atoms with E-state index in [0.29, 0.717) is 5.92 Å². The normalized spacial score (nSPS) is 13.2. The Labute approximate surface area is 103 Å². The standard InChI is InChI=1S/C15H21NO/c1-10(2)8-11(3)13-9-16-15-12(13)6-5-7-14(15)17-4/h5-7,9-11,16H,8H2,1-4H3. The molecule has 0 spiro atoms. The summed E-state index contributed by atoms with van der Waals surface area (Å²) in [7, 11) is 1.72. The minimum Gasteiger partial charge on any atom is -0.495 e. The fourth-order valence-electron chi connectivity index (χ4n) is 2.56. The van der Waals surface area contributed by atoms with Crippen LogP contribution in [0.1, 0.15) is 38.7 Å². The number of fused-ring (bicyclic) bond motifs is 1. The second kappa shape index (κ2) is 4.82. The van der Waals surface area contributed by atoms with Crippen molar-refractivity contribution in [2.75, 3.05) is 7.11 Å². The maximum Gasteiger partial charge on any atom is 0.142 e. The van der Waals surface area contributed by atoms with E-state index in [1.807, 2.05) is 6.07 Å². The highest BCUT2D eigenvalue weighted by Gasteiger charge is 2.14. The van der Waals surface area contributed by atoms with Gasteiger partial charge < -0.3 is 9.72 Å². The molecule has 2 heteroatoms. The molecule has 1 aromatic heterocycles. The number of H-pyrrole nitrogens is 1. The number of rotatable bonds is 4. The van der Waals surface area contributed by atoms with E-state index >= 15 is 0 Å². The van der Waals surface area contributed by atoms with Crippen molar-refractivity contribution in [2.45, 2.75) is 33.1 Å². The number of aromatic amines is 1. The highest BCUT2D eigenvalue weighted by atomic mass is 16.5. The van der Waals surface area contributed by atoms with Crippen molar-refractivity contribution in [3.05, 3.63) is 30.0 Å². The Morgan fingerprint density at radius 1 is 1.24 bits per heavy atom. The zero-order valence-corrected chi connectivity index (χ0v) is 11.1. The second-order valence-corrected chi connectivity index (χ2v) is 5.16. The Balaban J connectivity index is 2.42. The number of hydrogen-bond acceptors (Lipinski definition) is 1. The average molecular weight is 231 g/mol. The molecule has 0 saturated heterocycles. The van der Waals surface area contributed by atoms with Crippen LogP contribution in [0.2, 0.25) is 0 Å². The molecule has 1 heterocycles. The SMILES string of the molecule is COc1cccc2c(C(C)CC(C)C)c[nH]c12. The van der Waals surface area contributed by atoms with Crippen molar-refractivity contribution in [1.29, 1.82) is 0 Å². The molecule has 1 aromatic carbocycles. The number of ether oxygens (including phenoxy) is 1. The lowest BCUT2D eigenvalue weighted by molar-refractivity contribution is 0.419. The van der Waals surface area contributed by atoms with Crippen molar-refractivity contribution in [1.82, 2.24) is 4.98 Å².